The zero-order valence-electron chi connectivity index (χ0n) is 12.5. The molecule has 2 unspecified atom stereocenters. The number of rotatable bonds is 5. The van der Waals surface area contributed by atoms with Gasteiger partial charge in [-0.25, -0.2) is 4.79 Å². The van der Waals surface area contributed by atoms with Crippen LogP contribution in [0.3, 0.4) is 0 Å². The molecular weight excluding hydrogens is 278 g/mol. The molecule has 0 radical (unpaired) electrons. The first-order chi connectivity index (χ1) is 10.8. The van der Waals surface area contributed by atoms with E-state index in [1.807, 2.05) is 54.6 Å². The third-order valence-corrected chi connectivity index (χ3v) is 3.65. The number of alkyl carbamates (subject to hydrolysis) is 1. The maximum atomic E-state index is 11.7. The minimum atomic E-state index is -0.384. The van der Waals surface area contributed by atoms with Crippen LogP contribution in [0.2, 0.25) is 0 Å². The second kappa shape index (κ2) is 6.52. The van der Waals surface area contributed by atoms with Crippen LogP contribution in [-0.4, -0.2) is 12.7 Å². The van der Waals surface area contributed by atoms with Gasteiger partial charge in [0.05, 0.1) is 12.6 Å². The van der Waals surface area contributed by atoms with Crippen LogP contribution in [0.15, 0.2) is 54.6 Å². The van der Waals surface area contributed by atoms with Gasteiger partial charge in [0.25, 0.3) is 0 Å². The average Bonchev–Trinajstić information content (AvgIpc) is 2.96. The van der Waals surface area contributed by atoms with Gasteiger partial charge >= 0.3 is 6.09 Å². The Hall–Kier alpha value is -2.49. The normalized spacial score (nSPS) is 20.3. The van der Waals surface area contributed by atoms with E-state index in [1.54, 1.807) is 0 Å². The van der Waals surface area contributed by atoms with Gasteiger partial charge in [-0.1, -0.05) is 49.4 Å². The lowest BCUT2D eigenvalue weighted by molar-refractivity contribution is 0.132. The summed E-state index contributed by atoms with van der Waals surface area (Å²) >= 11 is 0. The highest BCUT2D eigenvalue weighted by Crippen LogP contribution is 2.36. The summed E-state index contributed by atoms with van der Waals surface area (Å²) in [6.45, 7) is 2.78. The van der Waals surface area contributed by atoms with E-state index in [4.69, 9.17) is 9.47 Å². The lowest BCUT2D eigenvalue weighted by Crippen LogP contribution is -2.19. The Morgan fingerprint density at radius 2 is 1.77 bits per heavy atom. The Labute approximate surface area is 130 Å². The van der Waals surface area contributed by atoms with Crippen LogP contribution in [0.25, 0.3) is 0 Å². The zero-order chi connectivity index (χ0) is 15.4. The number of carbonyl (C=O) groups is 1. The molecule has 1 fully saturated rings. The summed E-state index contributed by atoms with van der Waals surface area (Å²) in [7, 11) is 0. The van der Waals surface area contributed by atoms with E-state index in [-0.39, 0.29) is 18.2 Å². The van der Waals surface area contributed by atoms with E-state index in [0.29, 0.717) is 6.61 Å². The number of ether oxygens (including phenoxy) is 2. The van der Waals surface area contributed by atoms with Gasteiger partial charge in [0, 0.05) is 0 Å². The van der Waals surface area contributed by atoms with E-state index in [2.05, 4.69) is 12.2 Å². The van der Waals surface area contributed by atoms with Crippen molar-refractivity contribution < 1.29 is 14.3 Å². The van der Waals surface area contributed by atoms with Crippen molar-refractivity contribution in [2.45, 2.75) is 25.5 Å². The number of nitrogens with one attached hydrogen (secondary N) is 1. The highest BCUT2D eigenvalue weighted by Gasteiger charge is 2.36. The third-order valence-electron chi connectivity index (χ3n) is 3.65. The maximum Gasteiger partial charge on any atom is 0.408 e. The molecule has 114 valence electrons. The zero-order valence-corrected chi connectivity index (χ0v) is 12.5. The molecule has 0 bridgehead atoms. The highest BCUT2D eigenvalue weighted by molar-refractivity contribution is 5.71. The smallest absolute Gasteiger partial charge is 0.408 e. The monoisotopic (exact) mass is 297 g/mol. The van der Waals surface area contributed by atoms with Crippen molar-refractivity contribution in [3.63, 3.8) is 0 Å². The van der Waals surface area contributed by atoms with Gasteiger partial charge in [-0.15, -0.1) is 0 Å². The van der Waals surface area contributed by atoms with Crippen LogP contribution in [0, 0.1) is 0 Å². The van der Waals surface area contributed by atoms with E-state index in [9.17, 15) is 4.79 Å². The van der Waals surface area contributed by atoms with Crippen molar-refractivity contribution in [2.24, 2.45) is 0 Å². The summed E-state index contributed by atoms with van der Waals surface area (Å²) < 4.78 is 11.0. The molecular formula is C18H19NO3. The SMILES string of the molecule is CCCOc1ccc(C2NC(=O)OC2c2ccccc2)cc1. The van der Waals surface area contributed by atoms with Crippen molar-refractivity contribution in [3.8, 4) is 5.75 Å². The summed E-state index contributed by atoms with van der Waals surface area (Å²) in [4.78, 5) is 11.7. The van der Waals surface area contributed by atoms with Crippen LogP contribution < -0.4 is 10.1 Å². The summed E-state index contributed by atoms with van der Waals surface area (Å²) in [5, 5.41) is 2.88. The molecule has 1 amide bonds. The van der Waals surface area contributed by atoms with Gasteiger partial charge in [0.2, 0.25) is 0 Å². The fraction of sp³-hybridized carbons (Fsp3) is 0.278. The quantitative estimate of drug-likeness (QED) is 0.907. The molecule has 22 heavy (non-hydrogen) atoms. The maximum absolute atomic E-state index is 11.7. The van der Waals surface area contributed by atoms with Gasteiger partial charge in [-0.3, -0.25) is 0 Å². The van der Waals surface area contributed by atoms with Gasteiger partial charge in [-0.05, 0) is 29.7 Å². The Morgan fingerprint density at radius 3 is 2.45 bits per heavy atom. The summed E-state index contributed by atoms with van der Waals surface area (Å²) in [5.74, 6) is 0.840. The van der Waals surface area contributed by atoms with Crippen molar-refractivity contribution in [1.29, 1.82) is 0 Å². The molecule has 4 nitrogen and oxygen atoms in total. The largest absolute Gasteiger partial charge is 0.494 e. The van der Waals surface area contributed by atoms with E-state index < -0.39 is 0 Å². The predicted octanol–water partition coefficient (Wildman–Crippen LogP) is 4.00. The van der Waals surface area contributed by atoms with Crippen LogP contribution in [-0.2, 0) is 4.74 Å². The van der Waals surface area contributed by atoms with Crippen LogP contribution in [0.5, 0.6) is 5.75 Å². The van der Waals surface area contributed by atoms with Crippen molar-refractivity contribution in [3.05, 3.63) is 65.7 Å². The van der Waals surface area contributed by atoms with Crippen LogP contribution >= 0.6 is 0 Å². The standard InChI is InChI=1S/C18H19NO3/c1-2-12-21-15-10-8-13(9-11-15)16-17(22-18(20)19-16)14-6-4-3-5-7-14/h3-11,16-17H,2,12H2,1H3,(H,19,20). The minimum Gasteiger partial charge on any atom is -0.494 e. The molecule has 0 spiro atoms. The summed E-state index contributed by atoms with van der Waals surface area (Å²) in [6, 6.07) is 17.4. The van der Waals surface area contributed by atoms with Crippen molar-refractivity contribution >= 4 is 6.09 Å². The van der Waals surface area contributed by atoms with Gasteiger partial charge in [0.15, 0.2) is 6.10 Å². The third kappa shape index (κ3) is 3.06. The Morgan fingerprint density at radius 1 is 1.05 bits per heavy atom. The minimum absolute atomic E-state index is 0.185. The molecule has 1 heterocycles. The first kappa shape index (κ1) is 14.4. The summed E-state index contributed by atoms with van der Waals surface area (Å²) in [5.41, 5.74) is 1.99. The Balaban J connectivity index is 1.81. The van der Waals surface area contributed by atoms with Gasteiger partial charge in [-0.2, -0.15) is 0 Å². The first-order valence-electron chi connectivity index (χ1n) is 7.53. The molecule has 2 aromatic carbocycles. The lowest BCUT2D eigenvalue weighted by Gasteiger charge is -2.18. The first-order valence-corrected chi connectivity index (χ1v) is 7.53. The predicted molar refractivity (Wildman–Crippen MR) is 83.8 cm³/mol. The molecule has 0 aromatic heterocycles. The lowest BCUT2D eigenvalue weighted by atomic mass is 9.96. The summed E-state index contributed by atoms with van der Waals surface area (Å²) in [6.07, 6.45) is 0.283. The van der Waals surface area contributed by atoms with E-state index in [0.717, 1.165) is 23.3 Å². The Bertz CT molecular complexity index is 625. The molecule has 4 heteroatoms. The number of cyclic esters (lactones) is 1. The Kier molecular flexibility index (Phi) is 4.28. The molecule has 1 saturated heterocycles. The number of benzene rings is 2. The van der Waals surface area contributed by atoms with E-state index in [1.165, 1.54) is 0 Å². The highest BCUT2D eigenvalue weighted by atomic mass is 16.6. The van der Waals surface area contributed by atoms with Crippen LogP contribution in [0.4, 0.5) is 4.79 Å². The van der Waals surface area contributed by atoms with Crippen molar-refractivity contribution in [2.75, 3.05) is 6.61 Å². The molecule has 2 atom stereocenters. The van der Waals surface area contributed by atoms with Crippen molar-refractivity contribution in [1.82, 2.24) is 5.32 Å². The second-order valence-electron chi connectivity index (χ2n) is 5.28. The molecule has 0 aliphatic carbocycles. The molecule has 1 N–H and O–H groups in total. The second-order valence-corrected chi connectivity index (χ2v) is 5.28. The molecule has 1 aliphatic heterocycles. The molecule has 1 aliphatic rings. The fourth-order valence-corrected chi connectivity index (χ4v) is 2.57. The number of hydrogen-bond acceptors (Lipinski definition) is 3. The van der Waals surface area contributed by atoms with Gasteiger partial charge < -0.3 is 14.8 Å². The van der Waals surface area contributed by atoms with E-state index >= 15 is 0 Å². The van der Waals surface area contributed by atoms with Crippen LogP contribution in [0.1, 0.15) is 36.6 Å². The average molecular weight is 297 g/mol. The fourth-order valence-electron chi connectivity index (χ4n) is 2.57. The topological polar surface area (TPSA) is 47.6 Å². The number of amides is 1. The van der Waals surface area contributed by atoms with Gasteiger partial charge in [0.1, 0.15) is 5.75 Å². The number of carbonyl (C=O) groups excluding carboxylic acids is 1. The molecule has 3 rings (SSSR count). The number of hydrogen-bond donors (Lipinski definition) is 1. The molecule has 2 aromatic rings. The molecule has 0 saturated carbocycles.